The van der Waals surface area contributed by atoms with Crippen LogP contribution in [0.25, 0.3) is 15.2 Å². The van der Waals surface area contributed by atoms with E-state index in [0.717, 1.165) is 14.9 Å². The second kappa shape index (κ2) is 16.0. The maximum absolute atomic E-state index is 15.1. The zero-order valence-electron chi connectivity index (χ0n) is 33.0. The van der Waals surface area contributed by atoms with E-state index in [9.17, 15) is 14.4 Å². The number of fused-ring (bicyclic) bond motifs is 1. The molecule has 1 aliphatic rings. The number of nitrogens with zero attached hydrogens (tertiary/aromatic N) is 5. The minimum Gasteiger partial charge on any atom is -0.496 e. The Balaban J connectivity index is 1.34. The number of halogens is 1. The van der Waals surface area contributed by atoms with Crippen LogP contribution in [0.1, 0.15) is 57.8 Å². The number of hydrogen-bond acceptors (Lipinski definition) is 9. The van der Waals surface area contributed by atoms with E-state index in [1.54, 1.807) is 13.8 Å². The second-order valence-electron chi connectivity index (χ2n) is 15.5. The molecule has 1 amide bonds. The van der Waals surface area contributed by atoms with Crippen molar-refractivity contribution in [3.8, 4) is 10.8 Å². The Labute approximate surface area is 335 Å². The number of aromatic nitrogens is 5. The first-order chi connectivity index (χ1) is 27.3. The fraction of sp³-hybridized carbons (Fsp3) is 0.357. The number of carbonyl (C=O) groups is 1. The second-order valence-corrected chi connectivity index (χ2v) is 20.7. The van der Waals surface area contributed by atoms with Crippen molar-refractivity contribution in [2.75, 3.05) is 26.9 Å². The van der Waals surface area contributed by atoms with Crippen LogP contribution < -0.4 is 31.7 Å². The van der Waals surface area contributed by atoms with E-state index in [-0.39, 0.29) is 36.6 Å². The lowest BCUT2D eigenvalue weighted by atomic mass is 9.91. The number of thiophene rings is 1. The van der Waals surface area contributed by atoms with Crippen molar-refractivity contribution in [1.29, 1.82) is 0 Å². The van der Waals surface area contributed by atoms with Crippen molar-refractivity contribution in [1.82, 2.24) is 29.4 Å². The first kappa shape index (κ1) is 40.0. The molecule has 6 aromatic rings. The molecule has 4 heterocycles. The molecule has 2 atom stereocenters. The van der Waals surface area contributed by atoms with Crippen LogP contribution in [0.4, 0.5) is 4.39 Å². The number of rotatable bonds is 13. The summed E-state index contributed by atoms with van der Waals surface area (Å²) in [4.78, 5) is 44.6. The van der Waals surface area contributed by atoms with E-state index in [0.29, 0.717) is 39.7 Å². The van der Waals surface area contributed by atoms with Gasteiger partial charge in [0.05, 0.1) is 44.6 Å². The summed E-state index contributed by atoms with van der Waals surface area (Å²) in [7, 11) is -1.45. The quantitative estimate of drug-likeness (QED) is 0.124. The van der Waals surface area contributed by atoms with Gasteiger partial charge in [-0.3, -0.25) is 14.2 Å². The average molecular weight is 811 g/mol. The molecular formula is C42H47FN6O6SSi. The minimum atomic E-state index is -2.93. The third kappa shape index (κ3) is 7.17. The summed E-state index contributed by atoms with van der Waals surface area (Å²) in [6.07, 6.45) is 2.95. The van der Waals surface area contributed by atoms with Crippen LogP contribution in [0.3, 0.4) is 0 Å². The van der Waals surface area contributed by atoms with Crippen LogP contribution in [0.5, 0.6) is 5.75 Å². The lowest BCUT2D eigenvalue weighted by molar-refractivity contribution is -0.131. The van der Waals surface area contributed by atoms with Gasteiger partial charge in [-0.1, -0.05) is 92.8 Å². The Hall–Kier alpha value is -5.22. The fourth-order valence-electron chi connectivity index (χ4n) is 8.10. The molecule has 1 saturated heterocycles. The van der Waals surface area contributed by atoms with Crippen molar-refractivity contribution < 1.29 is 23.1 Å². The number of carbonyl (C=O) groups excluding carboxylic acids is 1. The summed E-state index contributed by atoms with van der Waals surface area (Å²) in [6.45, 7) is 10.5. The molecule has 0 aliphatic carbocycles. The van der Waals surface area contributed by atoms with Gasteiger partial charge in [0, 0.05) is 17.7 Å². The maximum Gasteiger partial charge on any atom is 0.333 e. The summed E-state index contributed by atoms with van der Waals surface area (Å²) in [5.74, 6) is -0.578. The van der Waals surface area contributed by atoms with E-state index in [1.165, 1.54) is 58.4 Å². The van der Waals surface area contributed by atoms with Gasteiger partial charge in [-0.2, -0.15) is 10.2 Å². The van der Waals surface area contributed by atoms with E-state index < -0.39 is 42.9 Å². The molecule has 1 aliphatic heterocycles. The number of piperidine rings is 1. The molecule has 0 saturated carbocycles. The molecule has 0 unspecified atom stereocenters. The van der Waals surface area contributed by atoms with Gasteiger partial charge in [0.2, 0.25) is 5.91 Å². The standard InChI is InChI=1S/C42H47FN6O6SSi/c1-28-35-36(50)48(42(5)20-13-21-44-39(42)51)40(52)47(38(35)56-37(28)49-45-22-23-46-49)27-34(32-26-29(43)18-19-33(32)53-6)54-24-25-55-57(41(2,3)4,30-14-9-7-10-15-30)31-16-11-8-12-17-31/h7-12,14-19,22-23,26,34H,13,20-21,24-25,27H2,1-6H3,(H,44,51)/t34-,42-/m0/s1. The summed E-state index contributed by atoms with van der Waals surface area (Å²) < 4.78 is 37.2. The molecule has 57 heavy (non-hydrogen) atoms. The number of aryl methyl sites for hydroxylation is 1. The Kier molecular flexibility index (Phi) is 11.2. The Morgan fingerprint density at radius 1 is 0.965 bits per heavy atom. The highest BCUT2D eigenvalue weighted by molar-refractivity contribution is 7.21. The van der Waals surface area contributed by atoms with E-state index in [2.05, 4.69) is 60.6 Å². The molecule has 1 fully saturated rings. The molecular weight excluding hydrogens is 764 g/mol. The first-order valence-electron chi connectivity index (χ1n) is 19.0. The molecule has 3 aromatic carbocycles. The van der Waals surface area contributed by atoms with Crippen molar-refractivity contribution in [2.45, 2.75) is 70.7 Å². The predicted octanol–water partition coefficient (Wildman–Crippen LogP) is 5.22. The molecule has 0 radical (unpaired) electrons. The lowest BCUT2D eigenvalue weighted by Crippen LogP contribution is -2.66. The topological polar surface area (TPSA) is 132 Å². The smallest absolute Gasteiger partial charge is 0.333 e. The zero-order valence-corrected chi connectivity index (χ0v) is 34.8. The van der Waals surface area contributed by atoms with Gasteiger partial charge in [-0.05, 0) is 60.3 Å². The molecule has 0 spiro atoms. The van der Waals surface area contributed by atoms with Gasteiger partial charge in [0.1, 0.15) is 33.0 Å². The van der Waals surface area contributed by atoms with Crippen LogP contribution in [0.15, 0.2) is 101 Å². The summed E-state index contributed by atoms with van der Waals surface area (Å²) >= 11 is 1.18. The van der Waals surface area contributed by atoms with Gasteiger partial charge >= 0.3 is 5.69 Å². The fourth-order valence-corrected chi connectivity index (χ4v) is 13.9. The largest absolute Gasteiger partial charge is 0.496 e. The average Bonchev–Trinajstić information content (AvgIpc) is 3.85. The molecule has 3 aromatic heterocycles. The Morgan fingerprint density at radius 2 is 1.61 bits per heavy atom. The zero-order chi connectivity index (χ0) is 40.5. The number of methoxy groups -OCH3 is 1. The molecule has 12 nitrogen and oxygen atoms in total. The van der Waals surface area contributed by atoms with E-state index in [1.807, 2.05) is 36.4 Å². The van der Waals surface area contributed by atoms with Gasteiger partial charge in [0.15, 0.2) is 0 Å². The normalized spacial score (nSPS) is 16.8. The van der Waals surface area contributed by atoms with E-state index in [4.69, 9.17) is 13.9 Å². The predicted molar refractivity (Wildman–Crippen MR) is 221 cm³/mol. The van der Waals surface area contributed by atoms with Crippen molar-refractivity contribution in [3.63, 3.8) is 0 Å². The minimum absolute atomic E-state index is 0.0679. The molecule has 7 rings (SSSR count). The molecule has 15 heteroatoms. The number of ether oxygens (including phenoxy) is 2. The highest BCUT2D eigenvalue weighted by Gasteiger charge is 2.50. The summed E-state index contributed by atoms with van der Waals surface area (Å²) in [6, 6.07) is 24.7. The Morgan fingerprint density at radius 3 is 2.21 bits per heavy atom. The highest BCUT2D eigenvalue weighted by Crippen LogP contribution is 2.38. The monoisotopic (exact) mass is 810 g/mol. The number of nitrogens with one attached hydrogen (secondary N) is 1. The van der Waals surface area contributed by atoms with Crippen molar-refractivity contribution in [2.24, 2.45) is 0 Å². The summed E-state index contributed by atoms with van der Waals surface area (Å²) in [5, 5.41) is 14.2. The molecule has 298 valence electrons. The SMILES string of the molecule is COc1ccc(F)cc1[C@H](Cn1c(=O)n([C@@]2(C)CCCNC2=O)c(=O)c2c(C)c(-n3nccn3)sc21)OCCO[Si](c1ccccc1)(c1ccccc1)C(C)(C)C. The van der Waals surface area contributed by atoms with Crippen LogP contribution in [-0.4, -0.2) is 65.2 Å². The van der Waals surface area contributed by atoms with Crippen molar-refractivity contribution in [3.05, 3.63) is 129 Å². The third-order valence-corrected chi connectivity index (χ3v) is 17.2. The van der Waals surface area contributed by atoms with Crippen molar-refractivity contribution >= 4 is 46.2 Å². The number of benzene rings is 3. The third-order valence-electron chi connectivity index (χ3n) is 10.9. The number of hydrogen-bond donors (Lipinski definition) is 1. The van der Waals surface area contributed by atoms with Crippen LogP contribution in [-0.2, 0) is 26.0 Å². The Bertz CT molecular complexity index is 2460. The van der Waals surface area contributed by atoms with Gasteiger partial charge < -0.3 is 19.2 Å². The van der Waals surface area contributed by atoms with Crippen LogP contribution in [0, 0.1) is 12.7 Å². The van der Waals surface area contributed by atoms with Crippen LogP contribution >= 0.6 is 11.3 Å². The maximum atomic E-state index is 15.1. The van der Waals surface area contributed by atoms with Crippen LogP contribution in [0.2, 0.25) is 5.04 Å². The number of amides is 1. The summed E-state index contributed by atoms with van der Waals surface area (Å²) in [5.41, 5.74) is -1.82. The molecule has 1 N–H and O–H groups in total. The highest BCUT2D eigenvalue weighted by atomic mass is 32.1. The lowest BCUT2D eigenvalue weighted by Gasteiger charge is -2.43. The van der Waals surface area contributed by atoms with Gasteiger partial charge in [0.25, 0.3) is 13.9 Å². The van der Waals surface area contributed by atoms with Gasteiger partial charge in [-0.15, -0.1) is 4.80 Å². The van der Waals surface area contributed by atoms with E-state index >= 15 is 4.39 Å². The molecule has 0 bridgehead atoms. The van der Waals surface area contributed by atoms with Gasteiger partial charge in [-0.25, -0.2) is 13.8 Å². The first-order valence-corrected chi connectivity index (χ1v) is 21.7.